The summed E-state index contributed by atoms with van der Waals surface area (Å²) < 4.78 is 5.49. The third-order valence-electron chi connectivity index (χ3n) is 4.25. The zero-order valence-electron chi connectivity index (χ0n) is 13.0. The summed E-state index contributed by atoms with van der Waals surface area (Å²) in [5, 5.41) is 9.06. The lowest BCUT2D eigenvalue weighted by Gasteiger charge is -2.40. The second-order valence-electron chi connectivity index (χ2n) is 7.26. The highest BCUT2D eigenvalue weighted by Gasteiger charge is 2.42. The molecule has 116 valence electrons. The highest BCUT2D eigenvalue weighted by atomic mass is 16.6. The van der Waals surface area contributed by atoms with Crippen LogP contribution >= 0.6 is 0 Å². The number of amides is 1. The maximum atomic E-state index is 12.2. The molecule has 0 radical (unpaired) electrons. The first-order chi connectivity index (χ1) is 9.34. The molecule has 0 aromatic carbocycles. The number of aliphatic hydroxyl groups is 1. The van der Waals surface area contributed by atoms with Gasteiger partial charge in [-0.2, -0.15) is 0 Å². The van der Waals surface area contributed by atoms with E-state index in [9.17, 15) is 4.79 Å². The number of β-amino-alcohol motifs (C(OH)–C–C–N with tert-alkyl or cyclic N) is 1. The van der Waals surface area contributed by atoms with Crippen molar-refractivity contribution in [1.82, 2.24) is 9.80 Å². The van der Waals surface area contributed by atoms with Gasteiger partial charge in [-0.05, 0) is 46.6 Å². The van der Waals surface area contributed by atoms with Crippen LogP contribution < -0.4 is 0 Å². The SMILES string of the molecule is CC(C)(C)OC(=O)N1CCC[C@@]2(CCN(CCO)C2)C1. The minimum atomic E-state index is -0.430. The van der Waals surface area contributed by atoms with Crippen molar-refractivity contribution in [2.24, 2.45) is 5.41 Å². The molecule has 0 aromatic heterocycles. The van der Waals surface area contributed by atoms with E-state index in [4.69, 9.17) is 9.84 Å². The largest absolute Gasteiger partial charge is 0.444 e. The van der Waals surface area contributed by atoms with Gasteiger partial charge < -0.3 is 19.6 Å². The predicted octanol–water partition coefficient (Wildman–Crippen LogP) is 1.70. The van der Waals surface area contributed by atoms with Gasteiger partial charge in [0.05, 0.1) is 6.61 Å². The Morgan fingerprint density at radius 3 is 2.65 bits per heavy atom. The second-order valence-corrected chi connectivity index (χ2v) is 7.26. The van der Waals surface area contributed by atoms with Crippen molar-refractivity contribution in [2.75, 3.05) is 39.3 Å². The summed E-state index contributed by atoms with van der Waals surface area (Å²) in [4.78, 5) is 16.4. The summed E-state index contributed by atoms with van der Waals surface area (Å²) in [6, 6.07) is 0. The third-order valence-corrected chi connectivity index (χ3v) is 4.25. The van der Waals surface area contributed by atoms with Crippen molar-refractivity contribution in [3.8, 4) is 0 Å². The number of aliphatic hydroxyl groups excluding tert-OH is 1. The Hall–Kier alpha value is -0.810. The number of carbonyl (C=O) groups is 1. The van der Waals surface area contributed by atoms with Gasteiger partial charge in [-0.3, -0.25) is 0 Å². The molecule has 1 spiro atoms. The molecular formula is C15H28N2O3. The van der Waals surface area contributed by atoms with Crippen molar-refractivity contribution >= 4 is 6.09 Å². The van der Waals surface area contributed by atoms with Crippen LogP contribution in [-0.4, -0.2) is 65.9 Å². The molecule has 2 aliphatic rings. The minimum absolute atomic E-state index is 0.183. The van der Waals surface area contributed by atoms with E-state index in [2.05, 4.69) is 4.90 Å². The van der Waals surface area contributed by atoms with Gasteiger partial charge in [0, 0.05) is 31.6 Å². The van der Waals surface area contributed by atoms with Crippen LogP contribution in [0, 0.1) is 5.41 Å². The lowest BCUT2D eigenvalue weighted by Crippen LogP contribution is -2.48. The number of hydrogen-bond donors (Lipinski definition) is 1. The van der Waals surface area contributed by atoms with Crippen molar-refractivity contribution in [3.63, 3.8) is 0 Å². The van der Waals surface area contributed by atoms with Crippen molar-refractivity contribution in [3.05, 3.63) is 0 Å². The van der Waals surface area contributed by atoms with Crippen molar-refractivity contribution in [1.29, 1.82) is 0 Å². The Kier molecular flexibility index (Phi) is 4.59. The molecule has 1 amide bonds. The first-order valence-corrected chi connectivity index (χ1v) is 7.65. The maximum Gasteiger partial charge on any atom is 0.410 e. The normalized spacial score (nSPS) is 28.1. The van der Waals surface area contributed by atoms with E-state index in [1.165, 1.54) is 6.42 Å². The molecule has 0 saturated carbocycles. The average Bonchev–Trinajstić information content (AvgIpc) is 2.70. The number of carbonyl (C=O) groups excluding carboxylic acids is 1. The molecule has 2 rings (SSSR count). The number of likely N-dealkylation sites (tertiary alicyclic amines) is 2. The lowest BCUT2D eigenvalue weighted by molar-refractivity contribution is 0.00523. The number of ether oxygens (including phenoxy) is 1. The Morgan fingerprint density at radius 1 is 1.25 bits per heavy atom. The molecule has 2 fully saturated rings. The Morgan fingerprint density at radius 2 is 2.00 bits per heavy atom. The zero-order chi connectivity index (χ0) is 14.8. The summed E-state index contributed by atoms with van der Waals surface area (Å²) in [6.45, 7) is 10.3. The summed E-state index contributed by atoms with van der Waals surface area (Å²) in [5.41, 5.74) is -0.218. The van der Waals surface area contributed by atoms with Crippen LogP contribution in [-0.2, 0) is 4.74 Å². The summed E-state index contributed by atoms with van der Waals surface area (Å²) in [6.07, 6.45) is 3.16. The van der Waals surface area contributed by atoms with Gasteiger partial charge in [0.2, 0.25) is 0 Å². The number of piperidine rings is 1. The predicted molar refractivity (Wildman–Crippen MR) is 77.6 cm³/mol. The van der Waals surface area contributed by atoms with Gasteiger partial charge in [-0.25, -0.2) is 4.79 Å². The van der Waals surface area contributed by atoms with Crippen molar-refractivity contribution in [2.45, 2.75) is 45.6 Å². The topological polar surface area (TPSA) is 53.0 Å². The fourth-order valence-electron chi connectivity index (χ4n) is 3.38. The lowest BCUT2D eigenvalue weighted by atomic mass is 9.79. The number of rotatable bonds is 2. The fraction of sp³-hybridized carbons (Fsp3) is 0.933. The van der Waals surface area contributed by atoms with Gasteiger partial charge in [0.25, 0.3) is 0 Å². The van der Waals surface area contributed by atoms with Gasteiger partial charge in [-0.15, -0.1) is 0 Å². The molecule has 5 heteroatoms. The summed E-state index contributed by atoms with van der Waals surface area (Å²) in [5.74, 6) is 0. The molecule has 20 heavy (non-hydrogen) atoms. The van der Waals surface area contributed by atoms with E-state index in [1.807, 2.05) is 25.7 Å². The van der Waals surface area contributed by atoms with E-state index in [0.717, 1.165) is 45.6 Å². The Labute approximate surface area is 121 Å². The number of hydrogen-bond acceptors (Lipinski definition) is 4. The number of nitrogens with zero attached hydrogens (tertiary/aromatic N) is 2. The average molecular weight is 284 g/mol. The molecule has 0 unspecified atom stereocenters. The highest BCUT2D eigenvalue weighted by molar-refractivity contribution is 5.68. The zero-order valence-corrected chi connectivity index (χ0v) is 13.0. The molecule has 2 saturated heterocycles. The fourth-order valence-corrected chi connectivity index (χ4v) is 3.38. The van der Waals surface area contributed by atoms with E-state index >= 15 is 0 Å². The molecule has 0 aliphatic carbocycles. The van der Waals surface area contributed by atoms with Crippen LogP contribution in [0.4, 0.5) is 4.79 Å². The second kappa shape index (κ2) is 5.90. The van der Waals surface area contributed by atoms with Crippen LogP contribution in [0.2, 0.25) is 0 Å². The molecular weight excluding hydrogens is 256 g/mol. The molecule has 2 aliphatic heterocycles. The Bertz CT molecular complexity index is 354. The first-order valence-electron chi connectivity index (χ1n) is 7.65. The molecule has 1 N–H and O–H groups in total. The first kappa shape index (κ1) is 15.6. The molecule has 2 heterocycles. The molecule has 1 atom stereocenters. The van der Waals surface area contributed by atoms with Crippen LogP contribution in [0.1, 0.15) is 40.0 Å². The van der Waals surface area contributed by atoms with Gasteiger partial charge in [-0.1, -0.05) is 0 Å². The van der Waals surface area contributed by atoms with E-state index in [1.54, 1.807) is 0 Å². The van der Waals surface area contributed by atoms with E-state index < -0.39 is 5.60 Å². The molecule has 0 aromatic rings. The monoisotopic (exact) mass is 284 g/mol. The molecule has 0 bridgehead atoms. The van der Waals surface area contributed by atoms with E-state index in [-0.39, 0.29) is 18.1 Å². The van der Waals surface area contributed by atoms with Crippen LogP contribution in [0.15, 0.2) is 0 Å². The quantitative estimate of drug-likeness (QED) is 0.838. The summed E-state index contributed by atoms with van der Waals surface area (Å²) in [7, 11) is 0. The smallest absolute Gasteiger partial charge is 0.410 e. The maximum absolute atomic E-state index is 12.2. The Balaban J connectivity index is 1.94. The van der Waals surface area contributed by atoms with Crippen LogP contribution in [0.5, 0.6) is 0 Å². The van der Waals surface area contributed by atoms with Gasteiger partial charge in [0.15, 0.2) is 0 Å². The van der Waals surface area contributed by atoms with Crippen LogP contribution in [0.25, 0.3) is 0 Å². The minimum Gasteiger partial charge on any atom is -0.444 e. The van der Waals surface area contributed by atoms with Gasteiger partial charge >= 0.3 is 6.09 Å². The molecule has 5 nitrogen and oxygen atoms in total. The third kappa shape index (κ3) is 3.85. The van der Waals surface area contributed by atoms with Crippen molar-refractivity contribution < 1.29 is 14.6 Å². The standard InChI is InChI=1S/C15H28N2O3/c1-14(2,3)20-13(19)17-7-4-5-15(12-17)6-8-16(11-15)9-10-18/h18H,4-12H2,1-3H3/t15-/m0/s1. The van der Waals surface area contributed by atoms with E-state index in [0.29, 0.717) is 0 Å². The summed E-state index contributed by atoms with van der Waals surface area (Å²) >= 11 is 0. The van der Waals surface area contributed by atoms with Crippen LogP contribution in [0.3, 0.4) is 0 Å². The van der Waals surface area contributed by atoms with Gasteiger partial charge in [0.1, 0.15) is 5.60 Å². The highest BCUT2D eigenvalue weighted by Crippen LogP contribution is 2.39.